The second-order valence-electron chi connectivity index (χ2n) is 6.16. The lowest BCUT2D eigenvalue weighted by molar-refractivity contribution is -0.924. The zero-order valence-electron chi connectivity index (χ0n) is 12.5. The number of quaternary nitrogens is 1. The predicted molar refractivity (Wildman–Crippen MR) is 81.9 cm³/mol. The molecule has 4 rings (SSSR count). The minimum atomic E-state index is -0.337. The Hall–Kier alpha value is -2.27. The van der Waals surface area contributed by atoms with Gasteiger partial charge in [0, 0.05) is 18.4 Å². The molecule has 2 aliphatic heterocycles. The Labute approximate surface area is 133 Å². The number of carbonyl (C=O) groups is 1. The van der Waals surface area contributed by atoms with Crippen LogP contribution in [0.2, 0.25) is 0 Å². The molecule has 118 valence electrons. The zero-order valence-corrected chi connectivity index (χ0v) is 12.5. The van der Waals surface area contributed by atoms with Crippen LogP contribution in [-0.2, 0) is 4.79 Å². The van der Waals surface area contributed by atoms with Gasteiger partial charge in [0.15, 0.2) is 12.2 Å². The van der Waals surface area contributed by atoms with Crippen LogP contribution < -0.4 is 9.80 Å². The molecule has 0 spiro atoms. The van der Waals surface area contributed by atoms with E-state index in [9.17, 15) is 13.6 Å². The van der Waals surface area contributed by atoms with Crippen LogP contribution in [0.5, 0.6) is 0 Å². The SMILES string of the molecule is O=C1C2CCC[NH+]2C(c2cccc(F)c2)N1c1ccc(F)cc1. The summed E-state index contributed by atoms with van der Waals surface area (Å²) in [6.45, 7) is 0.884. The summed E-state index contributed by atoms with van der Waals surface area (Å²) in [7, 11) is 0. The fraction of sp³-hybridized carbons (Fsp3) is 0.278. The molecule has 0 aromatic heterocycles. The molecule has 2 aromatic carbocycles. The largest absolute Gasteiger partial charge is 0.301 e. The smallest absolute Gasteiger partial charge is 0.290 e. The molecule has 1 N–H and O–H groups in total. The van der Waals surface area contributed by atoms with Crippen LogP contribution in [0.25, 0.3) is 0 Å². The average molecular weight is 315 g/mol. The Kier molecular flexibility index (Phi) is 3.38. The molecule has 0 aliphatic carbocycles. The van der Waals surface area contributed by atoms with Crippen molar-refractivity contribution in [3.05, 3.63) is 65.7 Å². The van der Waals surface area contributed by atoms with Crippen LogP contribution in [0.3, 0.4) is 0 Å². The number of anilines is 1. The van der Waals surface area contributed by atoms with Crippen LogP contribution >= 0.6 is 0 Å². The Bertz CT molecular complexity index is 747. The molecule has 3 unspecified atom stereocenters. The van der Waals surface area contributed by atoms with Gasteiger partial charge in [0.25, 0.3) is 5.91 Å². The lowest BCUT2D eigenvalue weighted by atomic mass is 10.1. The third-order valence-corrected chi connectivity index (χ3v) is 4.82. The predicted octanol–water partition coefficient (Wildman–Crippen LogP) is 2.06. The van der Waals surface area contributed by atoms with E-state index in [0.29, 0.717) is 5.69 Å². The Morgan fingerprint density at radius 3 is 2.57 bits per heavy atom. The van der Waals surface area contributed by atoms with Crippen molar-refractivity contribution in [2.75, 3.05) is 11.4 Å². The maximum atomic E-state index is 13.7. The van der Waals surface area contributed by atoms with Crippen molar-refractivity contribution in [1.29, 1.82) is 0 Å². The number of fused-ring (bicyclic) bond motifs is 1. The van der Waals surface area contributed by atoms with E-state index in [2.05, 4.69) is 0 Å². The summed E-state index contributed by atoms with van der Waals surface area (Å²) < 4.78 is 26.9. The maximum Gasteiger partial charge on any atom is 0.290 e. The highest BCUT2D eigenvalue weighted by Crippen LogP contribution is 2.31. The standard InChI is InChI=1S/C18H16F2N2O/c19-13-6-8-15(9-7-13)22-17(12-3-1-4-14(20)11-12)21-10-2-5-16(21)18(22)23/h1,3-4,6-9,11,16-17H,2,5,10H2/p+1. The molecule has 1 amide bonds. The lowest BCUT2D eigenvalue weighted by Crippen LogP contribution is -3.12. The van der Waals surface area contributed by atoms with Gasteiger partial charge in [-0.25, -0.2) is 8.78 Å². The molecule has 5 heteroatoms. The summed E-state index contributed by atoms with van der Waals surface area (Å²) in [5, 5.41) is 0. The van der Waals surface area contributed by atoms with Crippen molar-refractivity contribution in [2.45, 2.75) is 25.0 Å². The first-order valence-corrected chi connectivity index (χ1v) is 7.85. The van der Waals surface area contributed by atoms with Gasteiger partial charge in [-0.1, -0.05) is 12.1 Å². The van der Waals surface area contributed by atoms with E-state index in [0.717, 1.165) is 29.8 Å². The van der Waals surface area contributed by atoms with Gasteiger partial charge in [-0.2, -0.15) is 0 Å². The third-order valence-electron chi connectivity index (χ3n) is 4.82. The molecule has 2 saturated heterocycles. The van der Waals surface area contributed by atoms with Gasteiger partial charge in [-0.05, 0) is 36.4 Å². The zero-order chi connectivity index (χ0) is 16.0. The molecule has 3 atom stereocenters. The van der Waals surface area contributed by atoms with Crippen molar-refractivity contribution >= 4 is 11.6 Å². The lowest BCUT2D eigenvalue weighted by Gasteiger charge is -2.26. The van der Waals surface area contributed by atoms with E-state index in [1.807, 2.05) is 6.07 Å². The third kappa shape index (κ3) is 2.32. The summed E-state index contributed by atoms with van der Waals surface area (Å²) in [4.78, 5) is 15.7. The van der Waals surface area contributed by atoms with Gasteiger partial charge in [-0.3, -0.25) is 9.69 Å². The number of amides is 1. The fourth-order valence-electron chi connectivity index (χ4n) is 3.86. The van der Waals surface area contributed by atoms with Gasteiger partial charge in [0.2, 0.25) is 0 Å². The molecular formula is C18H17F2N2O+. The second kappa shape index (κ2) is 5.42. The number of carbonyl (C=O) groups excluding carboxylic acids is 1. The van der Waals surface area contributed by atoms with Crippen molar-refractivity contribution in [3.63, 3.8) is 0 Å². The topological polar surface area (TPSA) is 24.8 Å². The molecule has 2 fully saturated rings. The van der Waals surface area contributed by atoms with Crippen molar-refractivity contribution in [1.82, 2.24) is 0 Å². The molecule has 2 aliphatic rings. The first-order valence-electron chi connectivity index (χ1n) is 7.85. The highest BCUT2D eigenvalue weighted by atomic mass is 19.1. The number of hydrogen-bond donors (Lipinski definition) is 1. The highest BCUT2D eigenvalue weighted by Gasteiger charge is 2.53. The van der Waals surface area contributed by atoms with E-state index in [1.54, 1.807) is 23.1 Å². The Morgan fingerprint density at radius 2 is 1.83 bits per heavy atom. The van der Waals surface area contributed by atoms with Gasteiger partial charge in [0.1, 0.15) is 11.6 Å². The summed E-state index contributed by atoms with van der Waals surface area (Å²) in [5.74, 6) is -0.607. The summed E-state index contributed by atoms with van der Waals surface area (Å²) in [6.07, 6.45) is 1.59. The minimum Gasteiger partial charge on any atom is -0.301 e. The monoisotopic (exact) mass is 315 g/mol. The molecule has 3 nitrogen and oxygen atoms in total. The van der Waals surface area contributed by atoms with Crippen molar-refractivity contribution in [2.24, 2.45) is 0 Å². The molecule has 0 saturated carbocycles. The molecular weight excluding hydrogens is 298 g/mol. The second-order valence-corrected chi connectivity index (χ2v) is 6.16. The van der Waals surface area contributed by atoms with E-state index in [4.69, 9.17) is 0 Å². The number of benzene rings is 2. The molecule has 2 heterocycles. The van der Waals surface area contributed by atoms with Crippen LogP contribution in [0.15, 0.2) is 48.5 Å². The first-order chi connectivity index (χ1) is 11.1. The summed E-state index contributed by atoms with van der Waals surface area (Å²) in [5.41, 5.74) is 1.44. The molecule has 2 aromatic rings. The first kappa shape index (κ1) is 14.3. The quantitative estimate of drug-likeness (QED) is 0.901. The average Bonchev–Trinajstić information content (AvgIpc) is 3.11. The maximum absolute atomic E-state index is 13.7. The number of nitrogens with one attached hydrogen (secondary N) is 1. The van der Waals surface area contributed by atoms with Gasteiger partial charge >= 0.3 is 0 Å². The van der Waals surface area contributed by atoms with Crippen LogP contribution in [0, 0.1) is 11.6 Å². The van der Waals surface area contributed by atoms with E-state index >= 15 is 0 Å². The van der Waals surface area contributed by atoms with E-state index < -0.39 is 0 Å². The number of halogens is 2. The Morgan fingerprint density at radius 1 is 1.04 bits per heavy atom. The van der Waals surface area contributed by atoms with Crippen LogP contribution in [0.1, 0.15) is 24.6 Å². The molecule has 0 radical (unpaired) electrons. The number of rotatable bonds is 2. The molecule has 0 bridgehead atoms. The summed E-state index contributed by atoms with van der Waals surface area (Å²) in [6, 6.07) is 12.2. The summed E-state index contributed by atoms with van der Waals surface area (Å²) >= 11 is 0. The molecule has 23 heavy (non-hydrogen) atoms. The van der Waals surface area contributed by atoms with E-state index in [-0.39, 0.29) is 29.7 Å². The van der Waals surface area contributed by atoms with Crippen molar-refractivity contribution < 1.29 is 18.5 Å². The Balaban J connectivity index is 1.81. The minimum absolute atomic E-state index is 0.0402. The van der Waals surface area contributed by atoms with E-state index in [1.165, 1.54) is 24.3 Å². The number of hydrogen-bond acceptors (Lipinski definition) is 1. The van der Waals surface area contributed by atoms with Gasteiger partial charge < -0.3 is 4.90 Å². The van der Waals surface area contributed by atoms with Gasteiger partial charge in [0.05, 0.1) is 12.2 Å². The van der Waals surface area contributed by atoms with Crippen molar-refractivity contribution in [3.8, 4) is 0 Å². The fourth-order valence-corrected chi connectivity index (χ4v) is 3.86. The normalized spacial score (nSPS) is 26.6. The van der Waals surface area contributed by atoms with Crippen LogP contribution in [0.4, 0.5) is 14.5 Å². The highest BCUT2D eigenvalue weighted by molar-refractivity contribution is 5.98. The van der Waals surface area contributed by atoms with Crippen LogP contribution in [-0.4, -0.2) is 18.5 Å². The number of nitrogens with zero attached hydrogens (tertiary/aromatic N) is 1. The van der Waals surface area contributed by atoms with Gasteiger partial charge in [-0.15, -0.1) is 0 Å².